The standard InChI is InChI=1S/C21H23N3O2/c1-14(22-17-11-6-8-15-7-2-3-9-16(15)17)21(26)24-13-20(25)23-18-10-4-5-12-19(18)24/h2-5,7,9-10,12,14,17,22H,6,8,11,13H2,1H3,(H,23,25)/t14-,17-/m1/s1. The number of hydrogen-bond donors (Lipinski definition) is 2. The van der Waals surface area contributed by atoms with Gasteiger partial charge in [0, 0.05) is 6.04 Å². The van der Waals surface area contributed by atoms with Crippen LogP contribution in [0.25, 0.3) is 0 Å². The Morgan fingerprint density at radius 2 is 1.96 bits per heavy atom. The molecule has 2 aromatic rings. The summed E-state index contributed by atoms with van der Waals surface area (Å²) < 4.78 is 0. The molecule has 0 fully saturated rings. The van der Waals surface area contributed by atoms with E-state index in [1.807, 2.05) is 31.2 Å². The van der Waals surface area contributed by atoms with Crippen LogP contribution >= 0.6 is 0 Å². The quantitative estimate of drug-likeness (QED) is 0.895. The second kappa shape index (κ2) is 6.92. The van der Waals surface area contributed by atoms with Crippen LogP contribution in [0.5, 0.6) is 0 Å². The number of rotatable bonds is 3. The number of aryl methyl sites for hydroxylation is 1. The summed E-state index contributed by atoms with van der Waals surface area (Å²) in [5, 5.41) is 6.32. The highest BCUT2D eigenvalue weighted by molar-refractivity contribution is 6.11. The van der Waals surface area contributed by atoms with Crippen LogP contribution in [-0.4, -0.2) is 24.4 Å². The summed E-state index contributed by atoms with van der Waals surface area (Å²) in [6.07, 6.45) is 3.23. The van der Waals surface area contributed by atoms with E-state index in [-0.39, 0.29) is 30.4 Å². The van der Waals surface area contributed by atoms with Crippen LogP contribution in [0.3, 0.4) is 0 Å². The van der Waals surface area contributed by atoms with Gasteiger partial charge in [-0.1, -0.05) is 36.4 Å². The van der Waals surface area contributed by atoms with Crippen molar-refractivity contribution < 1.29 is 9.59 Å². The molecule has 5 nitrogen and oxygen atoms in total. The Morgan fingerprint density at radius 3 is 2.85 bits per heavy atom. The maximum absolute atomic E-state index is 13.1. The summed E-state index contributed by atoms with van der Waals surface area (Å²) in [5.74, 6) is -0.234. The largest absolute Gasteiger partial charge is 0.323 e. The van der Waals surface area contributed by atoms with Crippen LogP contribution in [0.4, 0.5) is 11.4 Å². The van der Waals surface area contributed by atoms with Gasteiger partial charge in [-0.05, 0) is 49.4 Å². The third-order valence-corrected chi connectivity index (χ3v) is 5.23. The molecule has 4 rings (SSSR count). The number of carbonyl (C=O) groups excluding carboxylic acids is 2. The molecule has 26 heavy (non-hydrogen) atoms. The van der Waals surface area contributed by atoms with Crippen LogP contribution in [0.2, 0.25) is 0 Å². The van der Waals surface area contributed by atoms with E-state index in [1.165, 1.54) is 11.1 Å². The fourth-order valence-corrected chi connectivity index (χ4v) is 3.96. The molecule has 0 radical (unpaired) electrons. The first kappa shape index (κ1) is 16.8. The second-order valence-corrected chi connectivity index (χ2v) is 7.02. The van der Waals surface area contributed by atoms with Crippen LogP contribution in [0, 0.1) is 0 Å². The molecule has 2 atom stereocenters. The highest BCUT2D eigenvalue weighted by Gasteiger charge is 2.31. The van der Waals surface area contributed by atoms with Gasteiger partial charge in [0.05, 0.1) is 17.4 Å². The molecule has 0 saturated carbocycles. The Kier molecular flexibility index (Phi) is 4.47. The molecule has 2 N–H and O–H groups in total. The molecule has 0 unspecified atom stereocenters. The van der Waals surface area contributed by atoms with Gasteiger partial charge in [-0.25, -0.2) is 0 Å². The number of benzene rings is 2. The van der Waals surface area contributed by atoms with Gasteiger partial charge in [0.15, 0.2) is 0 Å². The van der Waals surface area contributed by atoms with Gasteiger partial charge in [-0.3, -0.25) is 19.8 Å². The Bertz CT molecular complexity index is 849. The number of nitrogens with zero attached hydrogens (tertiary/aromatic N) is 1. The van der Waals surface area contributed by atoms with E-state index in [0.29, 0.717) is 5.69 Å². The highest BCUT2D eigenvalue weighted by Crippen LogP contribution is 2.32. The molecular weight excluding hydrogens is 326 g/mol. The Balaban J connectivity index is 1.54. The lowest BCUT2D eigenvalue weighted by Crippen LogP contribution is -2.50. The van der Waals surface area contributed by atoms with Crippen molar-refractivity contribution in [1.29, 1.82) is 0 Å². The third kappa shape index (κ3) is 3.10. The highest BCUT2D eigenvalue weighted by atomic mass is 16.2. The molecule has 0 bridgehead atoms. The molecule has 1 heterocycles. The summed E-state index contributed by atoms with van der Waals surface area (Å²) in [7, 11) is 0. The molecular formula is C21H23N3O2. The normalized spacial score (nSPS) is 20.0. The van der Waals surface area contributed by atoms with E-state index in [1.54, 1.807) is 4.90 Å². The minimum atomic E-state index is -0.370. The van der Waals surface area contributed by atoms with Crippen LogP contribution in [-0.2, 0) is 16.0 Å². The van der Waals surface area contributed by atoms with E-state index in [0.717, 1.165) is 24.9 Å². The van der Waals surface area contributed by atoms with Crippen molar-refractivity contribution in [3.63, 3.8) is 0 Å². The number of hydrogen-bond acceptors (Lipinski definition) is 3. The summed E-state index contributed by atoms with van der Waals surface area (Å²) in [5.41, 5.74) is 4.09. The average Bonchev–Trinajstić information content (AvgIpc) is 2.67. The van der Waals surface area contributed by atoms with E-state index >= 15 is 0 Å². The molecule has 2 amide bonds. The molecule has 0 spiro atoms. The Morgan fingerprint density at radius 1 is 1.19 bits per heavy atom. The van der Waals surface area contributed by atoms with Crippen molar-refractivity contribution >= 4 is 23.2 Å². The third-order valence-electron chi connectivity index (χ3n) is 5.23. The lowest BCUT2D eigenvalue weighted by atomic mass is 9.87. The van der Waals surface area contributed by atoms with Crippen molar-refractivity contribution in [3.05, 3.63) is 59.7 Å². The van der Waals surface area contributed by atoms with Gasteiger partial charge in [0.1, 0.15) is 6.54 Å². The predicted molar refractivity (Wildman–Crippen MR) is 102 cm³/mol. The number of nitrogens with one attached hydrogen (secondary N) is 2. The SMILES string of the molecule is C[C@@H](N[C@@H]1CCCc2ccccc21)C(=O)N1CC(=O)Nc2ccccc21. The van der Waals surface area contributed by atoms with Crippen molar-refractivity contribution in [2.45, 2.75) is 38.3 Å². The minimum Gasteiger partial charge on any atom is -0.323 e. The molecule has 1 aliphatic carbocycles. The number of amides is 2. The smallest absolute Gasteiger partial charge is 0.244 e. The lowest BCUT2D eigenvalue weighted by molar-refractivity contribution is -0.123. The predicted octanol–water partition coefficient (Wildman–Crippen LogP) is 3.03. The lowest BCUT2D eigenvalue weighted by Gasteiger charge is -2.34. The minimum absolute atomic E-state index is 0.0587. The van der Waals surface area contributed by atoms with Crippen molar-refractivity contribution in [3.8, 4) is 0 Å². The summed E-state index contributed by atoms with van der Waals surface area (Å²) in [6, 6.07) is 15.7. The maximum Gasteiger partial charge on any atom is 0.244 e. The van der Waals surface area contributed by atoms with E-state index in [4.69, 9.17) is 0 Å². The van der Waals surface area contributed by atoms with Crippen LogP contribution in [0.15, 0.2) is 48.5 Å². The first-order valence-electron chi connectivity index (χ1n) is 9.17. The van der Waals surface area contributed by atoms with E-state index < -0.39 is 0 Å². The van der Waals surface area contributed by atoms with Gasteiger partial charge in [0.25, 0.3) is 0 Å². The van der Waals surface area contributed by atoms with Crippen molar-refractivity contribution in [2.75, 3.05) is 16.8 Å². The van der Waals surface area contributed by atoms with Gasteiger partial charge < -0.3 is 5.32 Å². The molecule has 2 aliphatic rings. The Labute approximate surface area is 153 Å². The summed E-state index contributed by atoms with van der Waals surface area (Å²) >= 11 is 0. The number of para-hydroxylation sites is 2. The zero-order valence-electron chi connectivity index (χ0n) is 14.9. The topological polar surface area (TPSA) is 61.4 Å². The molecule has 1 aliphatic heterocycles. The maximum atomic E-state index is 13.1. The Hall–Kier alpha value is -2.66. The van der Waals surface area contributed by atoms with Crippen molar-refractivity contribution in [2.24, 2.45) is 0 Å². The monoisotopic (exact) mass is 349 g/mol. The zero-order valence-corrected chi connectivity index (χ0v) is 14.9. The van der Waals surface area contributed by atoms with Crippen LogP contribution in [0.1, 0.15) is 36.9 Å². The van der Waals surface area contributed by atoms with Crippen LogP contribution < -0.4 is 15.5 Å². The van der Waals surface area contributed by atoms with Gasteiger partial charge in [-0.15, -0.1) is 0 Å². The molecule has 2 aromatic carbocycles. The fraction of sp³-hybridized carbons (Fsp3) is 0.333. The fourth-order valence-electron chi connectivity index (χ4n) is 3.96. The summed E-state index contributed by atoms with van der Waals surface area (Å²) in [6.45, 7) is 1.94. The molecule has 5 heteroatoms. The summed E-state index contributed by atoms with van der Waals surface area (Å²) in [4.78, 5) is 26.7. The number of anilines is 2. The average molecular weight is 349 g/mol. The van der Waals surface area contributed by atoms with E-state index in [2.05, 4.69) is 34.9 Å². The zero-order chi connectivity index (χ0) is 18.1. The van der Waals surface area contributed by atoms with Gasteiger partial charge >= 0.3 is 0 Å². The number of carbonyl (C=O) groups is 2. The molecule has 0 aromatic heterocycles. The van der Waals surface area contributed by atoms with Crippen molar-refractivity contribution in [1.82, 2.24) is 5.32 Å². The van der Waals surface area contributed by atoms with Gasteiger partial charge in [-0.2, -0.15) is 0 Å². The number of fused-ring (bicyclic) bond motifs is 2. The second-order valence-electron chi connectivity index (χ2n) is 7.02. The molecule has 134 valence electrons. The first-order chi connectivity index (χ1) is 12.6. The van der Waals surface area contributed by atoms with E-state index in [9.17, 15) is 9.59 Å². The molecule has 0 saturated heterocycles. The first-order valence-corrected chi connectivity index (χ1v) is 9.17. The van der Waals surface area contributed by atoms with Gasteiger partial charge in [0.2, 0.25) is 11.8 Å².